The second-order valence-electron chi connectivity index (χ2n) is 9.31. The van der Waals surface area contributed by atoms with Gasteiger partial charge in [-0.05, 0) is 61.9 Å². The van der Waals surface area contributed by atoms with Crippen molar-refractivity contribution in [2.45, 2.75) is 58.7 Å². The summed E-state index contributed by atoms with van der Waals surface area (Å²) in [5.41, 5.74) is 5.25. The van der Waals surface area contributed by atoms with Gasteiger partial charge in [-0.1, -0.05) is 36.4 Å². The zero-order valence-corrected chi connectivity index (χ0v) is 20.7. The number of nitrogens with zero attached hydrogens (tertiary/aromatic N) is 2. The van der Waals surface area contributed by atoms with Crippen LogP contribution in [0.4, 0.5) is 15.3 Å². The van der Waals surface area contributed by atoms with E-state index in [0.717, 1.165) is 22.4 Å². The highest BCUT2D eigenvalue weighted by molar-refractivity contribution is 5.92. The van der Waals surface area contributed by atoms with E-state index in [1.165, 1.54) is 5.56 Å². The minimum Gasteiger partial charge on any atom is -0.464 e. The molecule has 2 aromatic carbocycles. The van der Waals surface area contributed by atoms with Crippen LogP contribution >= 0.6 is 0 Å². The number of urea groups is 2. The Hall–Kier alpha value is -3.55. The number of rotatable bonds is 6. The van der Waals surface area contributed by atoms with E-state index >= 15 is 0 Å². The highest BCUT2D eigenvalue weighted by Crippen LogP contribution is 2.27. The quantitative estimate of drug-likeness (QED) is 0.614. The summed E-state index contributed by atoms with van der Waals surface area (Å²) >= 11 is 0. The van der Waals surface area contributed by atoms with Crippen molar-refractivity contribution in [2.75, 3.05) is 25.0 Å². The molecule has 0 radical (unpaired) electrons. The van der Waals surface area contributed by atoms with Crippen LogP contribution in [0.2, 0.25) is 0 Å². The Kier molecular flexibility index (Phi) is 7.58. The third-order valence-electron chi connectivity index (χ3n) is 6.93. The molecule has 1 unspecified atom stereocenters. The van der Waals surface area contributed by atoms with E-state index in [9.17, 15) is 14.4 Å². The Bertz CT molecular complexity index is 1090. The number of benzene rings is 2. The van der Waals surface area contributed by atoms with Crippen LogP contribution < -0.4 is 10.6 Å². The lowest BCUT2D eigenvalue weighted by Gasteiger charge is -2.40. The van der Waals surface area contributed by atoms with Crippen molar-refractivity contribution >= 4 is 23.7 Å². The van der Waals surface area contributed by atoms with Crippen molar-refractivity contribution in [3.8, 4) is 0 Å². The fourth-order valence-corrected chi connectivity index (χ4v) is 4.74. The minimum atomic E-state index is -0.758. The fraction of sp³-hybridized carbons (Fsp3) is 0.444. The molecule has 2 heterocycles. The maximum absolute atomic E-state index is 13.1. The third kappa shape index (κ3) is 5.75. The lowest BCUT2D eigenvalue weighted by Crippen LogP contribution is -2.55. The molecular formula is C27H34N4O4. The van der Waals surface area contributed by atoms with Gasteiger partial charge in [-0.25, -0.2) is 14.4 Å². The highest BCUT2D eigenvalue weighted by Gasteiger charge is 2.33. The third-order valence-corrected chi connectivity index (χ3v) is 6.93. The van der Waals surface area contributed by atoms with E-state index in [1.807, 2.05) is 61.2 Å². The van der Waals surface area contributed by atoms with E-state index < -0.39 is 12.0 Å². The van der Waals surface area contributed by atoms with E-state index in [1.54, 1.807) is 11.8 Å². The topological polar surface area (TPSA) is 91.0 Å². The Balaban J connectivity index is 1.36. The first kappa shape index (κ1) is 24.6. The summed E-state index contributed by atoms with van der Waals surface area (Å²) in [6, 6.07) is 12.8. The van der Waals surface area contributed by atoms with Crippen molar-refractivity contribution in [2.24, 2.45) is 0 Å². The number of hydrogen-bond donors (Lipinski definition) is 2. The first-order valence-corrected chi connectivity index (χ1v) is 12.3. The Morgan fingerprint density at radius 3 is 2.57 bits per heavy atom. The Morgan fingerprint density at radius 2 is 1.86 bits per heavy atom. The van der Waals surface area contributed by atoms with Crippen LogP contribution in [-0.2, 0) is 22.5 Å². The summed E-state index contributed by atoms with van der Waals surface area (Å²) < 4.78 is 5.23. The largest absolute Gasteiger partial charge is 0.464 e. The predicted octanol–water partition coefficient (Wildman–Crippen LogP) is 4.00. The number of aryl methyl sites for hydroxylation is 2. The number of piperidine rings is 1. The monoisotopic (exact) mass is 478 g/mol. The first-order chi connectivity index (χ1) is 16.9. The average Bonchev–Trinajstić information content (AvgIpc) is 2.85. The van der Waals surface area contributed by atoms with Gasteiger partial charge >= 0.3 is 18.0 Å². The standard InChI is InChI=1S/C27H34N4O4/c1-4-35-25(32)24(16-20-10-9-18(2)19(3)15-20)29-26(33)30-13-11-22(12-14-30)31-17-21-7-5-6-8-23(21)28-27(31)34/h5-10,15,22,24H,4,11-14,16-17H2,1-3H3,(H,28,34)(H,29,33). The summed E-state index contributed by atoms with van der Waals surface area (Å²) in [7, 11) is 0. The zero-order chi connectivity index (χ0) is 24.9. The lowest BCUT2D eigenvalue weighted by molar-refractivity contribution is -0.145. The number of para-hydroxylation sites is 1. The molecule has 4 rings (SSSR count). The van der Waals surface area contributed by atoms with E-state index in [-0.39, 0.29) is 24.7 Å². The van der Waals surface area contributed by atoms with Crippen molar-refractivity contribution in [3.05, 3.63) is 64.7 Å². The predicted molar refractivity (Wildman–Crippen MR) is 134 cm³/mol. The van der Waals surface area contributed by atoms with Gasteiger partial charge in [0.05, 0.1) is 6.61 Å². The molecule has 1 fully saturated rings. The summed E-state index contributed by atoms with van der Waals surface area (Å²) in [5.74, 6) is -0.433. The second kappa shape index (κ2) is 10.8. The molecule has 0 aromatic heterocycles. The average molecular weight is 479 g/mol. The summed E-state index contributed by atoms with van der Waals surface area (Å²) in [6.07, 6.45) is 1.74. The maximum Gasteiger partial charge on any atom is 0.329 e. The van der Waals surface area contributed by atoms with Crippen LogP contribution in [0.15, 0.2) is 42.5 Å². The number of ether oxygens (including phenoxy) is 1. The second-order valence-corrected chi connectivity index (χ2v) is 9.31. The minimum absolute atomic E-state index is 0.0591. The molecule has 1 saturated heterocycles. The van der Waals surface area contributed by atoms with Crippen LogP contribution in [0, 0.1) is 13.8 Å². The molecule has 1 atom stereocenters. The van der Waals surface area contributed by atoms with Gasteiger partial charge in [-0.3, -0.25) is 0 Å². The van der Waals surface area contributed by atoms with Gasteiger partial charge in [-0.2, -0.15) is 0 Å². The molecule has 8 nitrogen and oxygen atoms in total. The molecule has 0 saturated carbocycles. The molecule has 35 heavy (non-hydrogen) atoms. The number of likely N-dealkylation sites (tertiary alicyclic amines) is 1. The molecule has 2 aliphatic heterocycles. The molecule has 0 bridgehead atoms. The van der Waals surface area contributed by atoms with Gasteiger partial charge in [0.2, 0.25) is 0 Å². The molecule has 2 aromatic rings. The Labute approximate surface area is 206 Å². The van der Waals surface area contributed by atoms with Gasteiger partial charge in [0.25, 0.3) is 0 Å². The van der Waals surface area contributed by atoms with Crippen molar-refractivity contribution in [3.63, 3.8) is 0 Å². The number of carbonyl (C=O) groups is 3. The van der Waals surface area contributed by atoms with Gasteiger partial charge in [0, 0.05) is 37.8 Å². The molecule has 2 N–H and O–H groups in total. The molecule has 8 heteroatoms. The van der Waals surface area contributed by atoms with Gasteiger partial charge in [-0.15, -0.1) is 0 Å². The van der Waals surface area contributed by atoms with E-state index in [2.05, 4.69) is 10.6 Å². The van der Waals surface area contributed by atoms with Crippen molar-refractivity contribution in [1.82, 2.24) is 15.1 Å². The summed E-state index contributed by atoms with van der Waals surface area (Å²) in [5, 5.41) is 5.85. The van der Waals surface area contributed by atoms with Crippen LogP contribution in [0.5, 0.6) is 0 Å². The van der Waals surface area contributed by atoms with Crippen LogP contribution in [-0.4, -0.2) is 59.6 Å². The van der Waals surface area contributed by atoms with Crippen molar-refractivity contribution in [1.29, 1.82) is 0 Å². The molecule has 2 aliphatic rings. The molecule has 0 spiro atoms. The highest BCUT2D eigenvalue weighted by atomic mass is 16.5. The first-order valence-electron chi connectivity index (χ1n) is 12.3. The lowest BCUT2D eigenvalue weighted by atomic mass is 10.0. The Morgan fingerprint density at radius 1 is 1.11 bits per heavy atom. The van der Waals surface area contributed by atoms with Gasteiger partial charge in [0.15, 0.2) is 0 Å². The summed E-state index contributed by atoms with van der Waals surface area (Å²) in [4.78, 5) is 41.9. The van der Waals surface area contributed by atoms with Crippen LogP contribution in [0.1, 0.15) is 42.0 Å². The number of carbonyl (C=O) groups excluding carboxylic acids is 3. The number of nitrogens with one attached hydrogen (secondary N) is 2. The van der Waals surface area contributed by atoms with Crippen LogP contribution in [0.25, 0.3) is 0 Å². The number of amides is 4. The van der Waals surface area contributed by atoms with E-state index in [4.69, 9.17) is 4.74 Å². The molecule has 4 amide bonds. The molecule has 186 valence electrons. The SMILES string of the molecule is CCOC(=O)C(Cc1ccc(C)c(C)c1)NC(=O)N1CCC(N2Cc3ccccc3NC2=O)CC1. The number of esters is 1. The van der Waals surface area contributed by atoms with E-state index in [0.29, 0.717) is 38.9 Å². The smallest absolute Gasteiger partial charge is 0.329 e. The van der Waals surface area contributed by atoms with Gasteiger partial charge in [0.1, 0.15) is 6.04 Å². The molecule has 0 aliphatic carbocycles. The number of anilines is 1. The normalized spacial score (nSPS) is 16.8. The number of hydrogen-bond acceptors (Lipinski definition) is 4. The summed E-state index contributed by atoms with van der Waals surface area (Å²) in [6.45, 7) is 7.68. The zero-order valence-electron chi connectivity index (χ0n) is 20.7. The number of fused-ring (bicyclic) bond motifs is 1. The fourth-order valence-electron chi connectivity index (χ4n) is 4.74. The van der Waals surface area contributed by atoms with Crippen molar-refractivity contribution < 1.29 is 19.1 Å². The maximum atomic E-state index is 13.1. The van der Waals surface area contributed by atoms with Gasteiger partial charge < -0.3 is 25.2 Å². The molecular weight excluding hydrogens is 444 g/mol. The van der Waals surface area contributed by atoms with Crippen LogP contribution in [0.3, 0.4) is 0 Å².